The van der Waals surface area contributed by atoms with E-state index in [1.54, 1.807) is 0 Å². The molecule has 0 bridgehead atoms. The highest BCUT2D eigenvalue weighted by Crippen LogP contribution is 2.38. The van der Waals surface area contributed by atoms with Crippen LogP contribution in [0.15, 0.2) is 36.5 Å². The molecule has 12 heteroatoms. The Labute approximate surface area is 137 Å². The molecule has 1 heterocycles. The second-order valence-electron chi connectivity index (χ2n) is 4.75. The highest BCUT2D eigenvalue weighted by molar-refractivity contribution is 7.86. The molecule has 1 aromatic carbocycles. The Hall–Kier alpha value is -2.34. The number of pyridine rings is 1. The molecule has 25 heavy (non-hydrogen) atoms. The van der Waals surface area contributed by atoms with Gasteiger partial charge in [-0.3, -0.25) is 4.98 Å². The van der Waals surface area contributed by atoms with E-state index in [2.05, 4.69) is 9.72 Å². The van der Waals surface area contributed by atoms with Crippen molar-refractivity contribution < 1.29 is 44.5 Å². The summed E-state index contributed by atoms with van der Waals surface area (Å²) in [4.78, 5) is 15.6. The molecule has 0 aliphatic heterocycles. The summed E-state index contributed by atoms with van der Waals surface area (Å²) < 4.78 is 99.7. The van der Waals surface area contributed by atoms with Crippen molar-refractivity contribution in [2.45, 2.75) is 17.5 Å². The number of hydrogen-bond donors (Lipinski definition) is 0. The van der Waals surface area contributed by atoms with Crippen molar-refractivity contribution in [2.24, 2.45) is 0 Å². The third-order valence-corrected chi connectivity index (χ3v) is 3.88. The minimum absolute atomic E-state index is 0.295. The number of fused-ring (bicyclic) bond motifs is 1. The monoisotopic (exact) mass is 384 g/mol. The number of hydrogen-bond acceptors (Lipinski definition) is 6. The van der Waals surface area contributed by atoms with Gasteiger partial charge < -0.3 is 9.29 Å². The first-order valence-corrected chi connectivity index (χ1v) is 7.70. The second kappa shape index (κ2) is 6.19. The number of nitrogens with zero attached hydrogens (tertiary/aromatic N) is 1. The predicted molar refractivity (Wildman–Crippen MR) is 71.6 cm³/mol. The zero-order valence-corrected chi connectivity index (χ0v) is 12.6. The van der Waals surface area contributed by atoms with Gasteiger partial charge in [0.25, 0.3) is 6.10 Å². The summed E-state index contributed by atoms with van der Waals surface area (Å²) in [7, 11) is -6.74. The lowest BCUT2D eigenvalue weighted by atomic mass is 10.1. The van der Waals surface area contributed by atoms with E-state index in [9.17, 15) is 39.7 Å². The maximum atomic E-state index is 13.3. The SMILES string of the molecule is O=C(OC(C(F)(F)F)C(F)(F)S(=O)(=O)[O-])c1ccc2ncccc2c1. The highest BCUT2D eigenvalue weighted by Gasteiger charge is 2.63. The van der Waals surface area contributed by atoms with Crippen LogP contribution in [0.4, 0.5) is 22.0 Å². The van der Waals surface area contributed by atoms with Crippen LogP contribution in [0.5, 0.6) is 0 Å². The van der Waals surface area contributed by atoms with E-state index >= 15 is 0 Å². The summed E-state index contributed by atoms with van der Waals surface area (Å²) in [5, 5.41) is -5.59. The van der Waals surface area contributed by atoms with Crippen molar-refractivity contribution in [3.05, 3.63) is 42.1 Å². The molecule has 136 valence electrons. The Morgan fingerprint density at radius 1 is 1.16 bits per heavy atom. The van der Waals surface area contributed by atoms with Crippen LogP contribution in [0.3, 0.4) is 0 Å². The van der Waals surface area contributed by atoms with Gasteiger partial charge in [-0.2, -0.15) is 22.0 Å². The molecule has 0 aliphatic carbocycles. The molecule has 2 aromatic rings. The quantitative estimate of drug-likeness (QED) is 0.456. The van der Waals surface area contributed by atoms with Crippen LogP contribution < -0.4 is 0 Å². The van der Waals surface area contributed by atoms with Crippen LogP contribution in [0.2, 0.25) is 0 Å². The summed E-state index contributed by atoms with van der Waals surface area (Å²) in [6.07, 6.45) is -9.03. The van der Waals surface area contributed by atoms with Gasteiger partial charge in [0.05, 0.1) is 11.1 Å². The summed E-state index contributed by atoms with van der Waals surface area (Å²) in [5.41, 5.74) is -0.201. The minimum Gasteiger partial charge on any atom is -0.743 e. The number of rotatable bonds is 4. The van der Waals surface area contributed by atoms with Gasteiger partial charge in [-0.15, -0.1) is 0 Å². The molecule has 0 amide bonds. The fourth-order valence-corrected chi connectivity index (χ4v) is 2.28. The fourth-order valence-electron chi connectivity index (χ4n) is 1.83. The van der Waals surface area contributed by atoms with Crippen LogP contribution in [0.1, 0.15) is 10.4 Å². The number of halogens is 5. The normalized spacial score (nSPS) is 14.3. The molecule has 6 nitrogen and oxygen atoms in total. The summed E-state index contributed by atoms with van der Waals surface area (Å²) in [5.74, 6) is -1.88. The van der Waals surface area contributed by atoms with Crippen LogP contribution in [-0.2, 0) is 14.9 Å². The number of aromatic nitrogens is 1. The summed E-state index contributed by atoms with van der Waals surface area (Å²) in [6.45, 7) is 0. The Balaban J connectivity index is 2.39. The average molecular weight is 384 g/mol. The largest absolute Gasteiger partial charge is 0.743 e. The van der Waals surface area contributed by atoms with Gasteiger partial charge in [0.15, 0.2) is 10.1 Å². The average Bonchev–Trinajstić information content (AvgIpc) is 2.49. The van der Waals surface area contributed by atoms with E-state index in [0.717, 1.165) is 12.1 Å². The van der Waals surface area contributed by atoms with E-state index in [-0.39, 0.29) is 0 Å². The van der Waals surface area contributed by atoms with Gasteiger partial charge in [-0.05, 0) is 24.3 Å². The van der Waals surface area contributed by atoms with E-state index < -0.39 is 39.2 Å². The first-order chi connectivity index (χ1) is 11.3. The highest BCUT2D eigenvalue weighted by atomic mass is 32.2. The third-order valence-electron chi connectivity index (χ3n) is 3.00. The van der Waals surface area contributed by atoms with Gasteiger partial charge >= 0.3 is 17.4 Å². The number of esters is 1. The van der Waals surface area contributed by atoms with E-state index in [4.69, 9.17) is 0 Å². The Kier molecular flexibility index (Phi) is 4.70. The predicted octanol–water partition coefficient (Wildman–Crippen LogP) is 2.46. The molecule has 1 atom stereocenters. The molecule has 2 rings (SSSR count). The fraction of sp³-hybridized carbons (Fsp3) is 0.231. The molecule has 0 saturated heterocycles. The Morgan fingerprint density at radius 3 is 2.36 bits per heavy atom. The van der Waals surface area contributed by atoms with E-state index in [1.807, 2.05) is 0 Å². The maximum absolute atomic E-state index is 13.3. The van der Waals surface area contributed by atoms with Crippen LogP contribution in [0, 0.1) is 0 Å². The molecule has 1 unspecified atom stereocenters. The smallest absolute Gasteiger partial charge is 0.432 e. The third kappa shape index (κ3) is 3.85. The number of benzene rings is 1. The van der Waals surface area contributed by atoms with Gasteiger partial charge in [-0.25, -0.2) is 13.2 Å². The summed E-state index contributed by atoms with van der Waals surface area (Å²) in [6, 6.07) is 6.08. The number of alkyl halides is 5. The molecule has 1 aromatic heterocycles. The van der Waals surface area contributed by atoms with Gasteiger partial charge in [0, 0.05) is 11.6 Å². The Bertz CT molecular complexity index is 912. The van der Waals surface area contributed by atoms with E-state index in [0.29, 0.717) is 10.9 Å². The zero-order chi connectivity index (χ0) is 19.0. The van der Waals surface area contributed by atoms with Crippen LogP contribution in [0.25, 0.3) is 10.9 Å². The van der Waals surface area contributed by atoms with Crippen molar-refractivity contribution in [1.82, 2.24) is 4.98 Å². The molecule has 0 aliphatic rings. The molecular weight excluding hydrogens is 377 g/mol. The molecule has 0 saturated carbocycles. The van der Waals surface area contributed by atoms with E-state index in [1.165, 1.54) is 24.4 Å². The number of ether oxygens (including phenoxy) is 1. The second-order valence-corrected chi connectivity index (χ2v) is 6.21. The Morgan fingerprint density at radius 2 is 1.80 bits per heavy atom. The minimum atomic E-state index is -6.74. The van der Waals surface area contributed by atoms with Crippen molar-refractivity contribution in [3.8, 4) is 0 Å². The topological polar surface area (TPSA) is 96.4 Å². The van der Waals surface area contributed by atoms with Crippen molar-refractivity contribution in [3.63, 3.8) is 0 Å². The lowest BCUT2D eigenvalue weighted by Gasteiger charge is -2.29. The lowest BCUT2D eigenvalue weighted by Crippen LogP contribution is -2.52. The lowest BCUT2D eigenvalue weighted by molar-refractivity contribution is -0.248. The number of carbonyl (C=O) groups excluding carboxylic acids is 1. The molecule has 0 fully saturated rings. The van der Waals surface area contributed by atoms with Gasteiger partial charge in [-0.1, -0.05) is 6.07 Å². The number of carbonyl (C=O) groups is 1. The first-order valence-electron chi connectivity index (χ1n) is 6.30. The van der Waals surface area contributed by atoms with Crippen molar-refractivity contribution in [2.75, 3.05) is 0 Å². The zero-order valence-electron chi connectivity index (χ0n) is 11.8. The first kappa shape index (κ1) is 19.0. The summed E-state index contributed by atoms with van der Waals surface area (Å²) >= 11 is 0. The maximum Gasteiger partial charge on any atom is 0.432 e. The molecule has 0 spiro atoms. The van der Waals surface area contributed by atoms with Crippen molar-refractivity contribution >= 4 is 27.0 Å². The van der Waals surface area contributed by atoms with Gasteiger partial charge in [0.2, 0.25) is 0 Å². The van der Waals surface area contributed by atoms with Crippen LogP contribution >= 0.6 is 0 Å². The standard InChI is InChI=1S/C13H8F5NO5S/c14-12(15,16)11(13(17,18)25(21,22)23)24-10(20)8-3-4-9-7(6-8)2-1-5-19-9/h1-6,11H,(H,21,22,23)/p-1. The van der Waals surface area contributed by atoms with Crippen molar-refractivity contribution in [1.29, 1.82) is 0 Å². The van der Waals surface area contributed by atoms with Crippen LogP contribution in [-0.4, -0.2) is 41.5 Å². The molecule has 0 radical (unpaired) electrons. The molecule has 0 N–H and O–H groups in total. The van der Waals surface area contributed by atoms with Gasteiger partial charge in [0.1, 0.15) is 0 Å². The molecular formula is C13H7F5NO5S-.